The molecule has 3 rings (SSSR count). The molecule has 2 aliphatic rings. The Hall–Kier alpha value is -2.43. The Labute approximate surface area is 192 Å². The predicted molar refractivity (Wildman–Crippen MR) is 124 cm³/mol. The van der Waals surface area contributed by atoms with Gasteiger partial charge in [-0.3, -0.25) is 14.4 Å². The van der Waals surface area contributed by atoms with Crippen molar-refractivity contribution in [1.29, 1.82) is 0 Å². The number of likely N-dealkylation sites (tertiary alicyclic amines) is 1. The number of carbonyl (C=O) groups excluding carboxylic acids is 3. The van der Waals surface area contributed by atoms with Crippen LogP contribution in [0.25, 0.3) is 0 Å². The van der Waals surface area contributed by atoms with Crippen LogP contribution in [-0.2, 0) is 19.1 Å². The minimum absolute atomic E-state index is 0.0412. The zero-order valence-electron chi connectivity index (χ0n) is 18.3. The highest BCUT2D eigenvalue weighted by molar-refractivity contribution is 8.15. The van der Waals surface area contributed by atoms with Crippen LogP contribution in [0.2, 0.25) is 0 Å². The number of carbonyl (C=O) groups is 3. The van der Waals surface area contributed by atoms with E-state index in [2.05, 4.69) is 20.5 Å². The zero-order valence-corrected chi connectivity index (χ0v) is 19.1. The normalized spacial score (nSPS) is 18.4. The van der Waals surface area contributed by atoms with E-state index in [1.807, 2.05) is 0 Å². The second-order valence-corrected chi connectivity index (χ2v) is 8.75. The monoisotopic (exact) mass is 462 g/mol. The van der Waals surface area contributed by atoms with E-state index in [4.69, 9.17) is 9.47 Å². The van der Waals surface area contributed by atoms with E-state index in [0.717, 1.165) is 31.1 Å². The molecule has 1 atom stereocenters. The van der Waals surface area contributed by atoms with Crippen molar-refractivity contribution in [1.82, 2.24) is 10.2 Å². The van der Waals surface area contributed by atoms with E-state index in [0.29, 0.717) is 37.6 Å². The number of hydrogen-bond donors (Lipinski definition) is 2. The average molecular weight is 463 g/mol. The fourth-order valence-electron chi connectivity index (χ4n) is 3.43. The third kappa shape index (κ3) is 7.32. The molecule has 0 aliphatic carbocycles. The lowest BCUT2D eigenvalue weighted by atomic mass is 10.1. The van der Waals surface area contributed by atoms with Crippen molar-refractivity contribution in [2.75, 3.05) is 51.9 Å². The van der Waals surface area contributed by atoms with Crippen molar-refractivity contribution in [2.45, 2.75) is 30.9 Å². The molecule has 1 aromatic rings. The first-order chi connectivity index (χ1) is 15.6. The van der Waals surface area contributed by atoms with Crippen LogP contribution in [0, 0.1) is 0 Å². The molecule has 0 saturated carbocycles. The number of piperidine rings is 1. The van der Waals surface area contributed by atoms with Crippen molar-refractivity contribution in [3.05, 3.63) is 29.8 Å². The Morgan fingerprint density at radius 2 is 2.00 bits per heavy atom. The largest absolute Gasteiger partial charge is 0.382 e. The summed E-state index contributed by atoms with van der Waals surface area (Å²) >= 11 is 1.37. The maximum absolute atomic E-state index is 12.5. The summed E-state index contributed by atoms with van der Waals surface area (Å²) in [5.41, 5.74) is 0.938. The van der Waals surface area contributed by atoms with E-state index in [1.54, 1.807) is 31.4 Å². The molecular weight excluding hydrogens is 432 g/mol. The predicted octanol–water partition coefficient (Wildman–Crippen LogP) is 1.89. The number of thioether (sulfide) groups is 1. The minimum atomic E-state index is -0.503. The highest BCUT2D eigenvalue weighted by Gasteiger charge is 2.33. The Morgan fingerprint density at radius 1 is 1.19 bits per heavy atom. The molecule has 174 valence electrons. The van der Waals surface area contributed by atoms with Crippen LogP contribution in [0.1, 0.15) is 36.0 Å². The van der Waals surface area contributed by atoms with E-state index in [9.17, 15) is 14.4 Å². The van der Waals surface area contributed by atoms with Gasteiger partial charge in [-0.15, -0.1) is 0 Å². The number of aliphatic imine (C=N–C) groups is 1. The standard InChI is InChI=1S/C22H30N4O5S/c1-30-12-13-31-11-8-23-20(28)16-6-5-7-17(14-16)24-19(27)15-18-21(29)25-22(32-18)26-9-3-2-4-10-26/h5-7,14,18H,2-4,8-13,15H2,1H3,(H,23,28)(H,24,27). The van der Waals surface area contributed by atoms with Crippen molar-refractivity contribution in [2.24, 2.45) is 4.99 Å². The van der Waals surface area contributed by atoms with Crippen LogP contribution in [0.5, 0.6) is 0 Å². The van der Waals surface area contributed by atoms with E-state index in [1.165, 1.54) is 18.2 Å². The van der Waals surface area contributed by atoms with Gasteiger partial charge in [0.15, 0.2) is 5.17 Å². The maximum atomic E-state index is 12.5. The molecule has 2 N–H and O–H groups in total. The van der Waals surface area contributed by atoms with Gasteiger partial charge in [0.1, 0.15) is 5.25 Å². The highest BCUT2D eigenvalue weighted by atomic mass is 32.2. The number of anilines is 1. The van der Waals surface area contributed by atoms with Crippen LogP contribution < -0.4 is 10.6 Å². The number of amidine groups is 1. The van der Waals surface area contributed by atoms with Gasteiger partial charge in [-0.1, -0.05) is 17.8 Å². The second kappa shape index (κ2) is 12.6. The van der Waals surface area contributed by atoms with E-state index < -0.39 is 5.25 Å². The summed E-state index contributed by atoms with van der Waals surface area (Å²) in [7, 11) is 1.60. The number of ether oxygens (including phenoxy) is 2. The van der Waals surface area contributed by atoms with Gasteiger partial charge < -0.3 is 25.0 Å². The van der Waals surface area contributed by atoms with Gasteiger partial charge in [0, 0.05) is 44.4 Å². The van der Waals surface area contributed by atoms with Crippen LogP contribution in [0.3, 0.4) is 0 Å². The molecule has 0 bridgehead atoms. The topological polar surface area (TPSA) is 109 Å². The third-order valence-electron chi connectivity index (χ3n) is 5.10. The number of nitrogens with zero attached hydrogens (tertiary/aromatic N) is 2. The van der Waals surface area contributed by atoms with Crippen LogP contribution in [0.15, 0.2) is 29.3 Å². The third-order valence-corrected chi connectivity index (χ3v) is 6.31. The molecule has 9 nitrogen and oxygen atoms in total. The number of methoxy groups -OCH3 is 1. The van der Waals surface area contributed by atoms with Crippen molar-refractivity contribution < 1.29 is 23.9 Å². The molecule has 0 spiro atoms. The van der Waals surface area contributed by atoms with E-state index in [-0.39, 0.29) is 24.1 Å². The highest BCUT2D eigenvalue weighted by Crippen LogP contribution is 2.29. The molecule has 2 heterocycles. The molecule has 3 amide bonds. The number of nitrogens with one attached hydrogen (secondary N) is 2. The first-order valence-electron chi connectivity index (χ1n) is 10.9. The Kier molecular flexibility index (Phi) is 9.51. The number of rotatable bonds is 10. The summed E-state index contributed by atoms with van der Waals surface area (Å²) < 4.78 is 10.2. The number of benzene rings is 1. The first-order valence-corrected chi connectivity index (χ1v) is 11.7. The average Bonchev–Trinajstić information content (AvgIpc) is 3.16. The maximum Gasteiger partial charge on any atom is 0.262 e. The van der Waals surface area contributed by atoms with Crippen molar-refractivity contribution in [3.63, 3.8) is 0 Å². The summed E-state index contributed by atoms with van der Waals surface area (Å²) in [4.78, 5) is 43.4. The summed E-state index contributed by atoms with van der Waals surface area (Å²) in [5, 5.41) is 5.78. The van der Waals surface area contributed by atoms with Gasteiger partial charge >= 0.3 is 0 Å². The molecule has 1 aromatic carbocycles. The zero-order chi connectivity index (χ0) is 22.8. The number of hydrogen-bond acceptors (Lipinski definition) is 7. The molecular formula is C22H30N4O5S. The summed E-state index contributed by atoms with van der Waals surface area (Å²) in [5.74, 6) is -0.792. The Bertz CT molecular complexity index is 841. The smallest absolute Gasteiger partial charge is 0.262 e. The van der Waals surface area contributed by atoms with Gasteiger partial charge in [-0.05, 0) is 37.5 Å². The molecule has 1 saturated heterocycles. The fraction of sp³-hybridized carbons (Fsp3) is 0.545. The molecule has 0 radical (unpaired) electrons. The molecule has 1 unspecified atom stereocenters. The fourth-order valence-corrected chi connectivity index (χ4v) is 4.55. The lowest BCUT2D eigenvalue weighted by Gasteiger charge is -2.27. The van der Waals surface area contributed by atoms with Gasteiger partial charge in [0.25, 0.3) is 11.8 Å². The van der Waals surface area contributed by atoms with E-state index >= 15 is 0 Å². The minimum Gasteiger partial charge on any atom is -0.382 e. The van der Waals surface area contributed by atoms with Gasteiger partial charge in [0.05, 0.1) is 19.8 Å². The lowest BCUT2D eigenvalue weighted by Crippen LogP contribution is -2.33. The molecule has 0 aromatic heterocycles. The number of amides is 3. The summed E-state index contributed by atoms with van der Waals surface area (Å²) in [6, 6.07) is 6.69. The van der Waals surface area contributed by atoms with Crippen molar-refractivity contribution >= 4 is 40.3 Å². The van der Waals surface area contributed by atoms with Gasteiger partial charge in [0.2, 0.25) is 5.91 Å². The molecule has 10 heteroatoms. The van der Waals surface area contributed by atoms with Crippen LogP contribution >= 0.6 is 11.8 Å². The quantitative estimate of drug-likeness (QED) is 0.511. The SMILES string of the molecule is COCCOCCNC(=O)c1cccc(NC(=O)CC2SC(N3CCCCC3)=NC2=O)c1. The summed E-state index contributed by atoms with van der Waals surface area (Å²) in [6.45, 7) is 3.56. The lowest BCUT2D eigenvalue weighted by molar-refractivity contribution is -0.121. The first kappa shape index (κ1) is 24.2. The Balaban J connectivity index is 1.44. The Morgan fingerprint density at radius 3 is 2.78 bits per heavy atom. The molecule has 2 aliphatic heterocycles. The van der Waals surface area contributed by atoms with Crippen molar-refractivity contribution in [3.8, 4) is 0 Å². The van der Waals surface area contributed by atoms with Crippen LogP contribution in [0.4, 0.5) is 5.69 Å². The summed E-state index contributed by atoms with van der Waals surface area (Å²) in [6.07, 6.45) is 3.44. The van der Waals surface area contributed by atoms with Gasteiger partial charge in [-0.25, -0.2) is 0 Å². The van der Waals surface area contributed by atoms with Gasteiger partial charge in [-0.2, -0.15) is 4.99 Å². The molecule has 32 heavy (non-hydrogen) atoms. The molecule has 1 fully saturated rings. The van der Waals surface area contributed by atoms with Crippen LogP contribution in [-0.4, -0.2) is 79.6 Å². The second-order valence-electron chi connectivity index (χ2n) is 7.58.